The Balaban J connectivity index is 1.79. The Labute approximate surface area is 185 Å². The summed E-state index contributed by atoms with van der Waals surface area (Å²) in [6.07, 6.45) is 0.897. The van der Waals surface area contributed by atoms with Gasteiger partial charge in [-0.25, -0.2) is 0 Å². The number of anilines is 1. The number of rotatable bonds is 7. The first-order chi connectivity index (χ1) is 14.5. The summed E-state index contributed by atoms with van der Waals surface area (Å²) in [5.41, 5.74) is 1.36. The number of carbonyl (C=O) groups is 2. The number of nitrogens with one attached hydrogen (secondary N) is 1. The van der Waals surface area contributed by atoms with Crippen molar-refractivity contribution in [2.24, 2.45) is 5.92 Å². The van der Waals surface area contributed by atoms with Crippen LogP contribution in [0.15, 0.2) is 46.9 Å². The Bertz CT molecular complexity index is 895. The summed E-state index contributed by atoms with van der Waals surface area (Å²) >= 11 is 3.42. The number of morpholine rings is 1. The molecule has 2 aromatic rings. The molecule has 0 bridgehead atoms. The van der Waals surface area contributed by atoms with Gasteiger partial charge in [-0.15, -0.1) is 0 Å². The average Bonchev–Trinajstić information content (AvgIpc) is 2.75. The second-order valence-corrected chi connectivity index (χ2v) is 8.49. The lowest BCUT2D eigenvalue weighted by Crippen LogP contribution is -2.41. The summed E-state index contributed by atoms with van der Waals surface area (Å²) in [4.78, 5) is 27.8. The van der Waals surface area contributed by atoms with E-state index >= 15 is 0 Å². The first-order valence-electron chi connectivity index (χ1n) is 10.2. The van der Waals surface area contributed by atoms with Gasteiger partial charge in [-0.05, 0) is 42.7 Å². The Kier molecular flexibility index (Phi) is 7.87. The van der Waals surface area contributed by atoms with Crippen molar-refractivity contribution in [3.8, 4) is 5.75 Å². The van der Waals surface area contributed by atoms with E-state index in [9.17, 15) is 9.59 Å². The van der Waals surface area contributed by atoms with Gasteiger partial charge < -0.3 is 19.7 Å². The molecule has 0 unspecified atom stereocenters. The van der Waals surface area contributed by atoms with Crippen LogP contribution in [0.25, 0.3) is 0 Å². The van der Waals surface area contributed by atoms with Gasteiger partial charge in [-0.3, -0.25) is 9.59 Å². The molecule has 7 heteroatoms. The van der Waals surface area contributed by atoms with Crippen LogP contribution in [0.5, 0.6) is 5.75 Å². The van der Waals surface area contributed by atoms with E-state index in [-0.39, 0.29) is 11.8 Å². The monoisotopic (exact) mass is 474 g/mol. The fourth-order valence-electron chi connectivity index (χ4n) is 3.12. The zero-order chi connectivity index (χ0) is 21.5. The molecule has 1 N–H and O–H groups in total. The zero-order valence-electron chi connectivity index (χ0n) is 17.3. The summed E-state index contributed by atoms with van der Waals surface area (Å²) < 4.78 is 12.0. The average molecular weight is 475 g/mol. The van der Waals surface area contributed by atoms with E-state index in [1.165, 1.54) is 0 Å². The van der Waals surface area contributed by atoms with Crippen LogP contribution in [-0.4, -0.2) is 49.6 Å². The highest BCUT2D eigenvalue weighted by Gasteiger charge is 2.22. The van der Waals surface area contributed by atoms with Crippen molar-refractivity contribution < 1.29 is 19.1 Å². The highest BCUT2D eigenvalue weighted by atomic mass is 79.9. The largest absolute Gasteiger partial charge is 0.493 e. The van der Waals surface area contributed by atoms with Gasteiger partial charge in [-0.2, -0.15) is 0 Å². The maximum atomic E-state index is 13.1. The van der Waals surface area contributed by atoms with Crippen molar-refractivity contribution in [3.05, 3.63) is 58.1 Å². The summed E-state index contributed by atoms with van der Waals surface area (Å²) in [6, 6.07) is 12.4. The quantitative estimate of drug-likeness (QED) is 0.636. The van der Waals surface area contributed by atoms with Crippen molar-refractivity contribution in [3.63, 3.8) is 0 Å². The molecule has 1 aliphatic heterocycles. The summed E-state index contributed by atoms with van der Waals surface area (Å²) in [5.74, 6) is 0.596. The molecule has 3 rings (SSSR count). The van der Waals surface area contributed by atoms with E-state index in [0.717, 1.165) is 10.9 Å². The fraction of sp³-hybridized carbons (Fsp3) is 0.391. The third-order valence-corrected chi connectivity index (χ3v) is 5.34. The smallest absolute Gasteiger partial charge is 0.259 e. The molecular weight excluding hydrogens is 448 g/mol. The first-order valence-corrected chi connectivity index (χ1v) is 10.9. The highest BCUT2D eigenvalue weighted by molar-refractivity contribution is 9.10. The number of nitrogens with zero attached hydrogens (tertiary/aromatic N) is 1. The SMILES string of the molecule is CC(C)CCOc1ccc(Br)cc1C(=O)Nc1ccccc1C(=O)N1CCOCC1. The van der Waals surface area contributed by atoms with Crippen LogP contribution < -0.4 is 10.1 Å². The van der Waals surface area contributed by atoms with Crippen molar-refractivity contribution in [1.82, 2.24) is 4.90 Å². The van der Waals surface area contributed by atoms with Crippen LogP contribution >= 0.6 is 15.9 Å². The minimum Gasteiger partial charge on any atom is -0.493 e. The van der Waals surface area contributed by atoms with Crippen molar-refractivity contribution in [2.75, 3.05) is 38.2 Å². The third-order valence-electron chi connectivity index (χ3n) is 4.84. The Hall–Kier alpha value is -2.38. The van der Waals surface area contributed by atoms with E-state index in [1.807, 2.05) is 6.07 Å². The lowest BCUT2D eigenvalue weighted by molar-refractivity contribution is 0.0303. The lowest BCUT2D eigenvalue weighted by Gasteiger charge is -2.27. The van der Waals surface area contributed by atoms with Gasteiger partial charge in [-0.1, -0.05) is 41.9 Å². The normalized spacial score (nSPS) is 13.9. The molecule has 0 atom stereocenters. The minimum absolute atomic E-state index is 0.114. The molecule has 1 aliphatic rings. The fourth-order valence-corrected chi connectivity index (χ4v) is 3.48. The van der Waals surface area contributed by atoms with Gasteiger partial charge in [0.1, 0.15) is 5.75 Å². The molecule has 0 aliphatic carbocycles. The second kappa shape index (κ2) is 10.6. The first kappa shape index (κ1) is 22.3. The third kappa shape index (κ3) is 5.83. The predicted octanol–water partition coefficient (Wildman–Crippen LogP) is 4.60. The molecule has 0 radical (unpaired) electrons. The standard InChI is InChI=1S/C23H27BrN2O4/c1-16(2)9-12-30-21-8-7-17(24)15-19(21)22(27)25-20-6-4-3-5-18(20)23(28)26-10-13-29-14-11-26/h3-8,15-16H,9-14H2,1-2H3,(H,25,27). The molecule has 6 nitrogen and oxygen atoms in total. The van der Waals surface area contributed by atoms with Gasteiger partial charge in [0.25, 0.3) is 11.8 Å². The summed E-state index contributed by atoms with van der Waals surface area (Å²) in [5, 5.41) is 2.90. The van der Waals surface area contributed by atoms with E-state index in [2.05, 4.69) is 35.1 Å². The number of amides is 2. The van der Waals surface area contributed by atoms with Gasteiger partial charge in [0, 0.05) is 17.6 Å². The van der Waals surface area contributed by atoms with Crippen molar-refractivity contribution >= 4 is 33.4 Å². The van der Waals surface area contributed by atoms with E-state index < -0.39 is 0 Å². The molecule has 160 valence electrons. The minimum atomic E-state index is -0.321. The van der Waals surface area contributed by atoms with Crippen LogP contribution in [0.2, 0.25) is 0 Å². The summed E-state index contributed by atoms with van der Waals surface area (Å²) in [6.45, 7) is 6.92. The van der Waals surface area contributed by atoms with Crippen LogP contribution in [-0.2, 0) is 4.74 Å². The number of halogens is 1. The maximum absolute atomic E-state index is 13.1. The van der Waals surface area contributed by atoms with Gasteiger partial charge in [0.05, 0.1) is 36.6 Å². The number of carbonyl (C=O) groups excluding carboxylic acids is 2. The van der Waals surface area contributed by atoms with Crippen LogP contribution in [0, 0.1) is 5.92 Å². The molecular formula is C23H27BrN2O4. The Morgan fingerprint density at radius 1 is 1.13 bits per heavy atom. The molecule has 1 saturated heterocycles. The van der Waals surface area contributed by atoms with E-state index in [0.29, 0.717) is 61.4 Å². The van der Waals surface area contributed by atoms with Gasteiger partial charge in [0.2, 0.25) is 0 Å². The van der Waals surface area contributed by atoms with Gasteiger partial charge >= 0.3 is 0 Å². The lowest BCUT2D eigenvalue weighted by atomic mass is 10.1. The molecule has 2 aromatic carbocycles. The number of para-hydroxylation sites is 1. The number of benzene rings is 2. The molecule has 1 heterocycles. The summed E-state index contributed by atoms with van der Waals surface area (Å²) in [7, 11) is 0. The number of hydrogen-bond donors (Lipinski definition) is 1. The van der Waals surface area contributed by atoms with Crippen LogP contribution in [0.4, 0.5) is 5.69 Å². The molecule has 30 heavy (non-hydrogen) atoms. The molecule has 0 saturated carbocycles. The topological polar surface area (TPSA) is 67.9 Å². The van der Waals surface area contributed by atoms with Gasteiger partial charge in [0.15, 0.2) is 0 Å². The second-order valence-electron chi connectivity index (χ2n) is 7.58. The predicted molar refractivity (Wildman–Crippen MR) is 120 cm³/mol. The molecule has 2 amide bonds. The molecule has 0 aromatic heterocycles. The van der Waals surface area contributed by atoms with Crippen molar-refractivity contribution in [1.29, 1.82) is 0 Å². The van der Waals surface area contributed by atoms with Crippen LogP contribution in [0.1, 0.15) is 41.0 Å². The van der Waals surface area contributed by atoms with E-state index in [4.69, 9.17) is 9.47 Å². The number of ether oxygens (including phenoxy) is 2. The Morgan fingerprint density at radius 3 is 2.60 bits per heavy atom. The van der Waals surface area contributed by atoms with E-state index in [1.54, 1.807) is 41.3 Å². The highest BCUT2D eigenvalue weighted by Crippen LogP contribution is 2.26. The number of hydrogen-bond acceptors (Lipinski definition) is 4. The zero-order valence-corrected chi connectivity index (χ0v) is 18.9. The maximum Gasteiger partial charge on any atom is 0.259 e. The Morgan fingerprint density at radius 2 is 1.87 bits per heavy atom. The van der Waals surface area contributed by atoms with Crippen LogP contribution in [0.3, 0.4) is 0 Å². The van der Waals surface area contributed by atoms with Crippen molar-refractivity contribution in [2.45, 2.75) is 20.3 Å². The molecule has 0 spiro atoms. The molecule has 1 fully saturated rings.